The van der Waals surface area contributed by atoms with E-state index in [1.54, 1.807) is 0 Å². The molecule has 88 valence electrons. The Hall–Kier alpha value is -1.23. The second-order valence-electron chi connectivity index (χ2n) is 3.95. The molecular weight excluding hydrogens is 217 g/mol. The van der Waals surface area contributed by atoms with E-state index in [1.165, 1.54) is 5.56 Å². The van der Waals surface area contributed by atoms with Gasteiger partial charge in [0.05, 0.1) is 6.54 Å². The van der Waals surface area contributed by atoms with Crippen LogP contribution in [-0.4, -0.2) is 25.3 Å². The smallest absolute Gasteiger partial charge is 0.380 e. The van der Waals surface area contributed by atoms with Crippen molar-refractivity contribution in [3.05, 3.63) is 29.8 Å². The summed E-state index contributed by atoms with van der Waals surface area (Å²) >= 11 is 0. The maximum Gasteiger partial charge on any atom is 0.401 e. The Bertz CT molecular complexity index is 337. The average molecular weight is 230 g/mol. The predicted octanol–water partition coefficient (Wildman–Crippen LogP) is 2.18. The molecule has 0 amide bonds. The molecule has 1 aromatic rings. The minimum absolute atomic E-state index is 0.0553. The summed E-state index contributed by atoms with van der Waals surface area (Å²) in [6, 6.07) is 7.84. The van der Waals surface area contributed by atoms with Crippen molar-refractivity contribution in [3.8, 4) is 0 Å². The SMILES string of the molecule is FC(F)(F)CNCC1Cc2ccccc2N1. The van der Waals surface area contributed by atoms with Gasteiger partial charge in [-0.3, -0.25) is 0 Å². The molecule has 0 spiro atoms. The van der Waals surface area contributed by atoms with Gasteiger partial charge in [-0.05, 0) is 18.1 Å². The topological polar surface area (TPSA) is 24.1 Å². The molecule has 0 bridgehead atoms. The van der Waals surface area contributed by atoms with E-state index in [1.807, 2.05) is 24.3 Å². The van der Waals surface area contributed by atoms with Crippen molar-refractivity contribution in [2.24, 2.45) is 0 Å². The van der Waals surface area contributed by atoms with E-state index in [2.05, 4.69) is 10.6 Å². The summed E-state index contributed by atoms with van der Waals surface area (Å²) in [5.41, 5.74) is 2.20. The van der Waals surface area contributed by atoms with Gasteiger partial charge in [0, 0.05) is 18.3 Å². The van der Waals surface area contributed by atoms with Crippen LogP contribution in [0.1, 0.15) is 5.56 Å². The average Bonchev–Trinajstić information content (AvgIpc) is 2.57. The quantitative estimate of drug-likeness (QED) is 0.831. The van der Waals surface area contributed by atoms with Crippen LogP contribution in [0, 0.1) is 0 Å². The van der Waals surface area contributed by atoms with E-state index in [-0.39, 0.29) is 6.04 Å². The highest BCUT2D eigenvalue weighted by Crippen LogP contribution is 2.24. The fourth-order valence-corrected chi connectivity index (χ4v) is 1.89. The first-order valence-corrected chi connectivity index (χ1v) is 5.16. The van der Waals surface area contributed by atoms with Gasteiger partial charge in [-0.25, -0.2) is 0 Å². The van der Waals surface area contributed by atoms with Gasteiger partial charge >= 0.3 is 6.18 Å². The van der Waals surface area contributed by atoms with Crippen LogP contribution in [0.15, 0.2) is 24.3 Å². The number of halogens is 3. The first-order valence-electron chi connectivity index (χ1n) is 5.16. The number of hydrogen-bond donors (Lipinski definition) is 2. The molecule has 1 aliphatic rings. The molecule has 2 nitrogen and oxygen atoms in total. The first kappa shape index (κ1) is 11.3. The Labute approximate surface area is 91.8 Å². The molecule has 5 heteroatoms. The summed E-state index contributed by atoms with van der Waals surface area (Å²) in [6.45, 7) is -0.601. The van der Waals surface area contributed by atoms with E-state index < -0.39 is 12.7 Å². The van der Waals surface area contributed by atoms with Crippen LogP contribution in [0.25, 0.3) is 0 Å². The minimum atomic E-state index is -4.13. The highest BCUT2D eigenvalue weighted by atomic mass is 19.4. The molecule has 0 aliphatic carbocycles. The number of rotatable bonds is 3. The van der Waals surface area contributed by atoms with Gasteiger partial charge in [0.2, 0.25) is 0 Å². The highest BCUT2D eigenvalue weighted by molar-refractivity contribution is 5.56. The Kier molecular flexibility index (Phi) is 3.05. The predicted molar refractivity (Wildman–Crippen MR) is 56.5 cm³/mol. The number of benzene rings is 1. The third-order valence-electron chi connectivity index (χ3n) is 2.56. The highest BCUT2D eigenvalue weighted by Gasteiger charge is 2.27. The third kappa shape index (κ3) is 2.88. The van der Waals surface area contributed by atoms with E-state index >= 15 is 0 Å². The normalized spacial score (nSPS) is 19.3. The zero-order valence-corrected chi connectivity index (χ0v) is 8.64. The molecule has 1 unspecified atom stereocenters. The van der Waals surface area contributed by atoms with Gasteiger partial charge in [0.15, 0.2) is 0 Å². The molecule has 1 atom stereocenters. The van der Waals surface area contributed by atoms with Crippen molar-refractivity contribution >= 4 is 5.69 Å². The monoisotopic (exact) mass is 230 g/mol. The van der Waals surface area contributed by atoms with Crippen LogP contribution in [0.2, 0.25) is 0 Å². The molecule has 0 saturated heterocycles. The molecule has 1 aliphatic heterocycles. The first-order chi connectivity index (χ1) is 7.54. The van der Waals surface area contributed by atoms with Crippen molar-refractivity contribution < 1.29 is 13.2 Å². The van der Waals surface area contributed by atoms with Gasteiger partial charge in [0.25, 0.3) is 0 Å². The Morgan fingerprint density at radius 1 is 1.31 bits per heavy atom. The minimum Gasteiger partial charge on any atom is -0.380 e. The van der Waals surface area contributed by atoms with Crippen LogP contribution >= 0.6 is 0 Å². The van der Waals surface area contributed by atoms with Crippen LogP contribution in [0.5, 0.6) is 0 Å². The van der Waals surface area contributed by atoms with Crippen molar-refractivity contribution in [1.29, 1.82) is 0 Å². The van der Waals surface area contributed by atoms with E-state index in [0.29, 0.717) is 6.54 Å². The number of para-hydroxylation sites is 1. The molecule has 1 aromatic carbocycles. The number of fused-ring (bicyclic) bond motifs is 1. The van der Waals surface area contributed by atoms with Crippen LogP contribution < -0.4 is 10.6 Å². The Morgan fingerprint density at radius 2 is 2.06 bits per heavy atom. The summed E-state index contributed by atoms with van der Waals surface area (Å²) in [5, 5.41) is 5.61. The molecule has 1 heterocycles. The molecule has 16 heavy (non-hydrogen) atoms. The van der Waals surface area contributed by atoms with Crippen molar-refractivity contribution in [2.75, 3.05) is 18.4 Å². The van der Waals surface area contributed by atoms with Gasteiger partial charge in [0.1, 0.15) is 0 Å². The summed E-state index contributed by atoms with van der Waals surface area (Å²) in [5.74, 6) is 0. The van der Waals surface area contributed by atoms with Crippen molar-refractivity contribution in [2.45, 2.75) is 18.6 Å². The van der Waals surface area contributed by atoms with Gasteiger partial charge < -0.3 is 10.6 Å². The van der Waals surface area contributed by atoms with Gasteiger partial charge in [-0.2, -0.15) is 13.2 Å². The lowest BCUT2D eigenvalue weighted by molar-refractivity contribution is -0.124. The largest absolute Gasteiger partial charge is 0.401 e. The number of alkyl halides is 3. The number of anilines is 1. The Morgan fingerprint density at radius 3 is 2.75 bits per heavy atom. The lowest BCUT2D eigenvalue weighted by Gasteiger charge is -2.13. The van der Waals surface area contributed by atoms with E-state index in [9.17, 15) is 13.2 Å². The number of hydrogen-bond acceptors (Lipinski definition) is 2. The summed E-state index contributed by atoms with van der Waals surface area (Å²) in [4.78, 5) is 0. The second kappa shape index (κ2) is 4.33. The molecule has 0 saturated carbocycles. The zero-order valence-electron chi connectivity index (χ0n) is 8.64. The zero-order chi connectivity index (χ0) is 11.6. The summed E-state index contributed by atoms with van der Waals surface area (Å²) in [6.07, 6.45) is -3.35. The van der Waals surface area contributed by atoms with Crippen molar-refractivity contribution in [1.82, 2.24) is 5.32 Å². The third-order valence-corrected chi connectivity index (χ3v) is 2.56. The fraction of sp³-hybridized carbons (Fsp3) is 0.455. The van der Waals surface area contributed by atoms with Crippen LogP contribution in [0.3, 0.4) is 0 Å². The summed E-state index contributed by atoms with van der Waals surface area (Å²) < 4.78 is 35.7. The molecule has 0 aromatic heterocycles. The maximum absolute atomic E-state index is 11.9. The van der Waals surface area contributed by atoms with Gasteiger partial charge in [-0.1, -0.05) is 18.2 Å². The van der Waals surface area contributed by atoms with Crippen LogP contribution in [-0.2, 0) is 6.42 Å². The van der Waals surface area contributed by atoms with E-state index in [4.69, 9.17) is 0 Å². The lowest BCUT2D eigenvalue weighted by atomic mass is 10.1. The Balaban J connectivity index is 1.79. The lowest BCUT2D eigenvalue weighted by Crippen LogP contribution is -2.37. The standard InChI is InChI=1S/C11H13F3N2/c12-11(13,14)7-15-6-9-5-8-3-1-2-4-10(8)16-9/h1-4,9,15-16H,5-7H2. The van der Waals surface area contributed by atoms with Gasteiger partial charge in [-0.15, -0.1) is 0 Å². The van der Waals surface area contributed by atoms with Crippen molar-refractivity contribution in [3.63, 3.8) is 0 Å². The summed E-state index contributed by atoms with van der Waals surface area (Å²) in [7, 11) is 0. The second-order valence-corrected chi connectivity index (χ2v) is 3.95. The molecule has 2 N–H and O–H groups in total. The fourth-order valence-electron chi connectivity index (χ4n) is 1.89. The van der Waals surface area contributed by atoms with E-state index in [0.717, 1.165) is 12.1 Å². The number of nitrogens with one attached hydrogen (secondary N) is 2. The maximum atomic E-state index is 11.9. The molecular formula is C11H13F3N2. The molecule has 0 radical (unpaired) electrons. The molecule has 2 rings (SSSR count). The molecule has 0 fully saturated rings. The van der Waals surface area contributed by atoms with Crippen LogP contribution in [0.4, 0.5) is 18.9 Å².